The van der Waals surface area contributed by atoms with Gasteiger partial charge in [0.15, 0.2) is 11.6 Å². The zero-order valence-corrected chi connectivity index (χ0v) is 23.8. The lowest BCUT2D eigenvalue weighted by atomic mass is 9.62. The van der Waals surface area contributed by atoms with E-state index in [0.717, 1.165) is 11.1 Å². The highest BCUT2D eigenvalue weighted by Gasteiger charge is 2.70. The minimum absolute atomic E-state index is 0.252. The van der Waals surface area contributed by atoms with Crippen LogP contribution in [0.4, 0.5) is 5.69 Å². The van der Waals surface area contributed by atoms with Crippen LogP contribution in [0.15, 0.2) is 103 Å². The lowest BCUT2D eigenvalue weighted by Crippen LogP contribution is -2.49. The summed E-state index contributed by atoms with van der Waals surface area (Å²) < 4.78 is 11.2. The fourth-order valence-electron chi connectivity index (χ4n) is 7.21. The average molecular weight is 571 g/mol. The summed E-state index contributed by atoms with van der Waals surface area (Å²) in [5.74, 6) is -0.903. The highest BCUT2D eigenvalue weighted by atomic mass is 16.5. The molecule has 1 amide bonds. The number of carbonyl (C=O) groups is 3. The summed E-state index contributed by atoms with van der Waals surface area (Å²) in [5.41, 5.74) is 2.55. The van der Waals surface area contributed by atoms with E-state index in [2.05, 4.69) is 5.32 Å². The molecule has 4 aromatic rings. The van der Waals surface area contributed by atoms with Gasteiger partial charge < -0.3 is 19.7 Å². The maximum absolute atomic E-state index is 15.1. The molecule has 3 aliphatic rings. The average Bonchev–Trinajstić information content (AvgIpc) is 3.53. The van der Waals surface area contributed by atoms with Crippen molar-refractivity contribution in [2.24, 2.45) is 5.92 Å². The Labute approximate surface area is 249 Å². The third-order valence-corrected chi connectivity index (χ3v) is 8.95. The quantitative estimate of drug-likeness (QED) is 0.271. The fraction of sp³-hybridized carbons (Fsp3) is 0.194. The second-order valence-electron chi connectivity index (χ2n) is 11.0. The first-order valence-electron chi connectivity index (χ1n) is 14.4. The summed E-state index contributed by atoms with van der Waals surface area (Å²) in [6.45, 7) is 2.22. The van der Waals surface area contributed by atoms with E-state index in [9.17, 15) is 9.59 Å². The van der Waals surface area contributed by atoms with Crippen LogP contribution in [0.5, 0.6) is 11.5 Å². The minimum atomic E-state index is -1.40. The SMILES string of the molecule is CCOc1ccccc1C(=O)C1C(C(=O)c2ccc(OC)cc2)N2C=Cc3ccccc3C2C12C(=O)Nc1ccccc12. The Hall–Kier alpha value is -5.17. The maximum Gasteiger partial charge on any atom is 0.238 e. The van der Waals surface area contributed by atoms with E-state index >= 15 is 4.79 Å². The smallest absolute Gasteiger partial charge is 0.238 e. The Balaban J connectivity index is 1.52. The van der Waals surface area contributed by atoms with Crippen molar-refractivity contribution in [2.45, 2.75) is 24.4 Å². The predicted molar refractivity (Wildman–Crippen MR) is 163 cm³/mol. The molecule has 1 N–H and O–H groups in total. The van der Waals surface area contributed by atoms with Gasteiger partial charge in [0.25, 0.3) is 0 Å². The molecular formula is C36H30N2O5. The van der Waals surface area contributed by atoms with Crippen LogP contribution >= 0.6 is 0 Å². The van der Waals surface area contributed by atoms with E-state index < -0.39 is 23.4 Å². The zero-order valence-electron chi connectivity index (χ0n) is 23.8. The number of benzene rings is 4. The number of carbonyl (C=O) groups excluding carboxylic acids is 3. The maximum atomic E-state index is 15.1. The molecule has 0 saturated carbocycles. The number of nitrogens with zero attached hydrogens (tertiary/aromatic N) is 1. The normalized spacial score (nSPS) is 22.9. The van der Waals surface area contributed by atoms with Crippen LogP contribution in [0.1, 0.15) is 50.4 Å². The molecule has 0 bridgehead atoms. The van der Waals surface area contributed by atoms with Gasteiger partial charge >= 0.3 is 0 Å². The first-order valence-corrected chi connectivity index (χ1v) is 14.4. The van der Waals surface area contributed by atoms with E-state index in [1.54, 1.807) is 49.6 Å². The van der Waals surface area contributed by atoms with E-state index in [0.29, 0.717) is 40.5 Å². The van der Waals surface area contributed by atoms with Crippen LogP contribution in [-0.4, -0.2) is 42.1 Å². The first-order chi connectivity index (χ1) is 21.0. The summed E-state index contributed by atoms with van der Waals surface area (Å²) in [6, 6.07) is 27.7. The Morgan fingerprint density at radius 2 is 1.60 bits per heavy atom. The van der Waals surface area contributed by atoms with Gasteiger partial charge in [0.05, 0.1) is 31.2 Å². The molecule has 0 aliphatic carbocycles. The van der Waals surface area contributed by atoms with Crippen molar-refractivity contribution in [1.29, 1.82) is 0 Å². The lowest BCUT2D eigenvalue weighted by Gasteiger charge is -2.38. The summed E-state index contributed by atoms with van der Waals surface area (Å²) >= 11 is 0. The molecule has 7 heteroatoms. The topological polar surface area (TPSA) is 84.9 Å². The number of hydrogen-bond donors (Lipinski definition) is 1. The Bertz CT molecular complexity index is 1800. The Morgan fingerprint density at radius 1 is 0.884 bits per heavy atom. The molecule has 3 heterocycles. The van der Waals surface area contributed by atoms with E-state index in [1.807, 2.05) is 78.7 Å². The first kappa shape index (κ1) is 26.7. The zero-order chi connectivity index (χ0) is 29.7. The number of ketones is 2. The third kappa shape index (κ3) is 3.84. The lowest BCUT2D eigenvalue weighted by molar-refractivity contribution is -0.122. The van der Waals surface area contributed by atoms with Crippen molar-refractivity contribution in [3.05, 3.63) is 131 Å². The van der Waals surface area contributed by atoms with Gasteiger partial charge in [0.2, 0.25) is 5.91 Å². The second-order valence-corrected chi connectivity index (χ2v) is 11.0. The largest absolute Gasteiger partial charge is 0.497 e. The number of para-hydroxylation sites is 2. The number of amides is 1. The summed E-state index contributed by atoms with van der Waals surface area (Å²) in [6.07, 6.45) is 3.82. The highest BCUT2D eigenvalue weighted by molar-refractivity contribution is 6.17. The number of nitrogens with one attached hydrogen (secondary N) is 1. The molecule has 0 aromatic heterocycles. The van der Waals surface area contributed by atoms with Gasteiger partial charge in [-0.2, -0.15) is 0 Å². The summed E-state index contributed by atoms with van der Waals surface area (Å²) in [7, 11) is 1.57. The molecule has 1 saturated heterocycles. The molecule has 7 rings (SSSR count). The van der Waals surface area contributed by atoms with Gasteiger partial charge in [-0.25, -0.2) is 0 Å². The third-order valence-electron chi connectivity index (χ3n) is 8.95. The van der Waals surface area contributed by atoms with Gasteiger partial charge in [-0.3, -0.25) is 14.4 Å². The van der Waals surface area contributed by atoms with Gasteiger partial charge in [-0.15, -0.1) is 0 Å². The number of rotatable bonds is 7. The second kappa shape index (κ2) is 10.3. The van der Waals surface area contributed by atoms with Crippen LogP contribution < -0.4 is 14.8 Å². The van der Waals surface area contributed by atoms with Crippen LogP contribution in [0.2, 0.25) is 0 Å². The van der Waals surface area contributed by atoms with Gasteiger partial charge in [-0.1, -0.05) is 54.6 Å². The standard InChI is InChI=1S/C36H30N2O5/c1-3-43-29-15-9-6-12-26(29)33(40)30-31(32(39)23-16-18-24(42-2)19-17-23)38-21-20-22-10-4-5-11-25(22)34(38)36(30)27-13-7-8-14-28(27)37-35(36)41/h4-21,30-31,34H,3H2,1-2H3,(H,37,41). The van der Waals surface area contributed by atoms with E-state index in [4.69, 9.17) is 9.47 Å². The minimum Gasteiger partial charge on any atom is -0.497 e. The van der Waals surface area contributed by atoms with Crippen LogP contribution in [0.25, 0.3) is 6.08 Å². The molecular weight excluding hydrogens is 540 g/mol. The van der Waals surface area contributed by atoms with Crippen LogP contribution in [0, 0.1) is 5.92 Å². The number of methoxy groups -OCH3 is 1. The van der Waals surface area contributed by atoms with Crippen molar-refractivity contribution >= 4 is 29.2 Å². The number of anilines is 1. The highest BCUT2D eigenvalue weighted by Crippen LogP contribution is 2.62. The molecule has 1 fully saturated rings. The number of Topliss-reactive ketones (excluding diaryl/α,β-unsaturated/α-hetero) is 2. The monoisotopic (exact) mass is 570 g/mol. The van der Waals surface area contributed by atoms with E-state index in [1.165, 1.54) is 0 Å². The van der Waals surface area contributed by atoms with Gasteiger partial charge in [0.1, 0.15) is 23.0 Å². The number of ether oxygens (including phenoxy) is 2. The van der Waals surface area contributed by atoms with Crippen molar-refractivity contribution in [2.75, 3.05) is 19.0 Å². The molecule has 0 radical (unpaired) electrons. The van der Waals surface area contributed by atoms with Crippen LogP contribution in [-0.2, 0) is 10.2 Å². The van der Waals surface area contributed by atoms with Crippen LogP contribution in [0.3, 0.4) is 0 Å². The van der Waals surface area contributed by atoms with Crippen molar-refractivity contribution in [3.8, 4) is 11.5 Å². The fourth-order valence-corrected chi connectivity index (χ4v) is 7.21. The van der Waals surface area contributed by atoms with Gasteiger partial charge in [0, 0.05) is 17.5 Å². The number of fused-ring (bicyclic) bond motifs is 6. The molecule has 3 aliphatic heterocycles. The van der Waals surface area contributed by atoms with Crippen molar-refractivity contribution < 1.29 is 23.9 Å². The molecule has 43 heavy (non-hydrogen) atoms. The molecule has 7 nitrogen and oxygen atoms in total. The molecule has 4 aromatic carbocycles. The Morgan fingerprint density at radius 3 is 2.40 bits per heavy atom. The summed E-state index contributed by atoms with van der Waals surface area (Å²) in [4.78, 5) is 46.3. The summed E-state index contributed by atoms with van der Waals surface area (Å²) in [5, 5.41) is 3.08. The van der Waals surface area contributed by atoms with E-state index in [-0.39, 0.29) is 17.5 Å². The van der Waals surface area contributed by atoms with Gasteiger partial charge in [-0.05, 0) is 72.2 Å². The van der Waals surface area contributed by atoms with Crippen molar-refractivity contribution in [3.63, 3.8) is 0 Å². The molecule has 214 valence electrons. The molecule has 4 atom stereocenters. The Kier molecular flexibility index (Phi) is 6.38. The molecule has 1 spiro atoms. The number of hydrogen-bond acceptors (Lipinski definition) is 6. The predicted octanol–water partition coefficient (Wildman–Crippen LogP) is 6.08. The van der Waals surface area contributed by atoms with Crippen molar-refractivity contribution in [1.82, 2.24) is 4.90 Å². The molecule has 4 unspecified atom stereocenters.